The summed E-state index contributed by atoms with van der Waals surface area (Å²) in [6, 6.07) is 18.9. The van der Waals surface area contributed by atoms with E-state index in [4.69, 9.17) is 4.74 Å². The zero-order chi connectivity index (χ0) is 27.6. The predicted octanol–water partition coefficient (Wildman–Crippen LogP) is 4.13. The van der Waals surface area contributed by atoms with Crippen molar-refractivity contribution in [3.8, 4) is 23.2 Å². The van der Waals surface area contributed by atoms with E-state index >= 15 is 0 Å². The molecule has 4 aromatic rings. The molecule has 0 unspecified atom stereocenters. The van der Waals surface area contributed by atoms with Crippen LogP contribution in [0.2, 0.25) is 0 Å². The van der Waals surface area contributed by atoms with Gasteiger partial charge >= 0.3 is 0 Å². The molecule has 10 heteroatoms. The van der Waals surface area contributed by atoms with Gasteiger partial charge < -0.3 is 20.5 Å². The third-order valence-corrected chi connectivity index (χ3v) is 6.75. The summed E-state index contributed by atoms with van der Waals surface area (Å²) in [5, 5.41) is 29.4. The first kappa shape index (κ1) is 26.1. The average Bonchev–Trinajstić information content (AvgIpc) is 3.33. The molecular weight excluding hydrogens is 499 g/mol. The molecule has 5 rings (SSSR count). The van der Waals surface area contributed by atoms with E-state index in [1.165, 1.54) is 26.2 Å². The minimum Gasteiger partial charge on any atom is -0.490 e. The van der Waals surface area contributed by atoms with Crippen molar-refractivity contribution in [2.45, 2.75) is 50.6 Å². The smallest absolute Gasteiger partial charge is 0.255 e. The third kappa shape index (κ3) is 5.84. The SMILES string of the molecule is CC(C)(O)[C@H](F)CNC(=O)c1cnc(-c2ccc3cc(C#N)cnn23)cc1NC1CC(Oc2ccccc2)C1. The number of hydrogen-bond donors (Lipinski definition) is 3. The van der Waals surface area contributed by atoms with E-state index in [1.807, 2.05) is 42.5 Å². The minimum absolute atomic E-state index is 0.0515. The van der Waals surface area contributed by atoms with Gasteiger partial charge in [-0.2, -0.15) is 10.4 Å². The van der Waals surface area contributed by atoms with Gasteiger partial charge in [0.1, 0.15) is 24.1 Å². The number of nitriles is 1. The number of para-hydroxylation sites is 1. The average molecular weight is 529 g/mol. The lowest BCUT2D eigenvalue weighted by molar-refractivity contribution is -0.00177. The van der Waals surface area contributed by atoms with Crippen molar-refractivity contribution in [1.29, 1.82) is 5.26 Å². The van der Waals surface area contributed by atoms with Gasteiger partial charge in [-0.15, -0.1) is 0 Å². The number of alkyl halides is 1. The van der Waals surface area contributed by atoms with E-state index < -0.39 is 17.7 Å². The van der Waals surface area contributed by atoms with Crippen molar-refractivity contribution in [2.75, 3.05) is 11.9 Å². The van der Waals surface area contributed by atoms with Gasteiger partial charge in [-0.3, -0.25) is 9.78 Å². The molecule has 0 bridgehead atoms. The lowest BCUT2D eigenvalue weighted by Crippen LogP contribution is -2.43. The standard InChI is InChI=1S/C29H29FN6O3/c1-29(2,38)27(30)17-33-28(37)23-16-32-25(26-9-8-20-10-18(14-31)15-34-36(20)26)13-24(23)35-19-11-22(12-19)39-21-6-4-3-5-7-21/h3-10,13,15-16,19,22,27,38H,11-12,17H2,1-2H3,(H,32,35)(H,33,37)/t19?,22?,27-/m1/s1. The summed E-state index contributed by atoms with van der Waals surface area (Å²) in [7, 11) is 0. The molecule has 0 saturated heterocycles. The van der Waals surface area contributed by atoms with Crippen LogP contribution in [0.15, 0.2) is 67.0 Å². The van der Waals surface area contributed by atoms with Crippen LogP contribution in [0, 0.1) is 11.3 Å². The second-order valence-corrected chi connectivity index (χ2v) is 10.2. The highest BCUT2D eigenvalue weighted by Gasteiger charge is 2.32. The zero-order valence-corrected chi connectivity index (χ0v) is 21.6. The highest BCUT2D eigenvalue weighted by Crippen LogP contribution is 2.31. The number of benzene rings is 1. The number of aliphatic hydroxyl groups is 1. The number of aromatic nitrogens is 3. The van der Waals surface area contributed by atoms with E-state index in [2.05, 4.69) is 26.8 Å². The molecule has 3 N–H and O–H groups in total. The number of carbonyl (C=O) groups is 1. The number of anilines is 1. The van der Waals surface area contributed by atoms with Gasteiger partial charge in [0.2, 0.25) is 0 Å². The van der Waals surface area contributed by atoms with E-state index in [0.29, 0.717) is 22.6 Å². The van der Waals surface area contributed by atoms with Crippen LogP contribution in [0.3, 0.4) is 0 Å². The summed E-state index contributed by atoms with van der Waals surface area (Å²) >= 11 is 0. The van der Waals surface area contributed by atoms with Crippen LogP contribution in [0.25, 0.3) is 16.9 Å². The molecule has 1 aliphatic rings. The molecule has 1 saturated carbocycles. The molecule has 9 nitrogen and oxygen atoms in total. The van der Waals surface area contributed by atoms with Crippen LogP contribution < -0.4 is 15.4 Å². The second-order valence-electron chi connectivity index (χ2n) is 10.2. The number of nitrogens with one attached hydrogen (secondary N) is 2. The second kappa shape index (κ2) is 10.7. The summed E-state index contributed by atoms with van der Waals surface area (Å²) in [5.41, 5.74) is 1.67. The molecule has 3 aromatic heterocycles. The maximum Gasteiger partial charge on any atom is 0.255 e. The van der Waals surface area contributed by atoms with Gasteiger partial charge in [0.15, 0.2) is 0 Å². The van der Waals surface area contributed by atoms with Gasteiger partial charge in [-0.05, 0) is 50.2 Å². The van der Waals surface area contributed by atoms with Gasteiger partial charge in [-0.1, -0.05) is 18.2 Å². The molecule has 1 amide bonds. The highest BCUT2D eigenvalue weighted by atomic mass is 19.1. The minimum atomic E-state index is -1.64. The van der Waals surface area contributed by atoms with Crippen LogP contribution in [0.1, 0.15) is 42.6 Å². The van der Waals surface area contributed by atoms with Crippen molar-refractivity contribution in [3.63, 3.8) is 0 Å². The Kier molecular flexibility index (Phi) is 7.17. The van der Waals surface area contributed by atoms with Gasteiger partial charge in [0, 0.05) is 25.1 Å². The first-order valence-corrected chi connectivity index (χ1v) is 12.7. The summed E-state index contributed by atoms with van der Waals surface area (Å²) < 4.78 is 22.0. The molecule has 0 radical (unpaired) electrons. The van der Waals surface area contributed by atoms with E-state index in [1.54, 1.807) is 16.6 Å². The number of nitrogens with zero attached hydrogens (tertiary/aromatic N) is 4. The Morgan fingerprint density at radius 1 is 1.23 bits per heavy atom. The van der Waals surface area contributed by atoms with E-state index in [0.717, 1.165) is 24.1 Å². The summed E-state index contributed by atoms with van der Waals surface area (Å²) in [4.78, 5) is 17.6. The predicted molar refractivity (Wildman–Crippen MR) is 144 cm³/mol. The molecule has 3 heterocycles. The lowest BCUT2D eigenvalue weighted by atomic mass is 9.88. The van der Waals surface area contributed by atoms with E-state index in [-0.39, 0.29) is 24.3 Å². The number of halogens is 1. The van der Waals surface area contributed by atoms with Crippen LogP contribution in [0.4, 0.5) is 10.1 Å². The Balaban J connectivity index is 1.38. The van der Waals surface area contributed by atoms with Crippen LogP contribution in [-0.2, 0) is 0 Å². The summed E-state index contributed by atoms with van der Waals surface area (Å²) in [6.07, 6.45) is 2.83. The first-order chi connectivity index (χ1) is 18.7. The topological polar surface area (TPSA) is 125 Å². The summed E-state index contributed by atoms with van der Waals surface area (Å²) in [6.45, 7) is 2.37. The molecular formula is C29H29FN6O3. The molecule has 1 aliphatic carbocycles. The van der Waals surface area contributed by atoms with Gasteiger partial charge in [0.05, 0.1) is 52.1 Å². The monoisotopic (exact) mass is 528 g/mol. The molecule has 1 atom stereocenters. The Morgan fingerprint density at radius 2 is 2.00 bits per heavy atom. The van der Waals surface area contributed by atoms with Crippen molar-refractivity contribution in [1.82, 2.24) is 19.9 Å². The number of fused-ring (bicyclic) bond motifs is 1. The number of hydrogen-bond acceptors (Lipinski definition) is 7. The third-order valence-electron chi connectivity index (χ3n) is 6.75. The normalized spacial score (nSPS) is 17.6. The number of carbonyl (C=O) groups excluding carboxylic acids is 1. The summed E-state index contributed by atoms with van der Waals surface area (Å²) in [5.74, 6) is 0.309. The van der Waals surface area contributed by atoms with Crippen molar-refractivity contribution in [3.05, 3.63) is 78.1 Å². The fourth-order valence-electron chi connectivity index (χ4n) is 4.37. The number of rotatable bonds is 9. The molecule has 0 spiro atoms. The van der Waals surface area contributed by atoms with Crippen LogP contribution >= 0.6 is 0 Å². The van der Waals surface area contributed by atoms with Gasteiger partial charge in [-0.25, -0.2) is 8.91 Å². The van der Waals surface area contributed by atoms with Crippen molar-refractivity contribution < 1.29 is 19.0 Å². The van der Waals surface area contributed by atoms with Crippen molar-refractivity contribution in [2.24, 2.45) is 0 Å². The van der Waals surface area contributed by atoms with E-state index in [9.17, 15) is 19.6 Å². The molecule has 0 aliphatic heterocycles. The van der Waals surface area contributed by atoms with Crippen molar-refractivity contribution >= 4 is 17.1 Å². The lowest BCUT2D eigenvalue weighted by Gasteiger charge is -2.36. The molecule has 1 aromatic carbocycles. The largest absolute Gasteiger partial charge is 0.490 e. The molecule has 1 fully saturated rings. The highest BCUT2D eigenvalue weighted by molar-refractivity contribution is 6.00. The van der Waals surface area contributed by atoms with Crippen LogP contribution in [0.5, 0.6) is 5.75 Å². The molecule has 39 heavy (non-hydrogen) atoms. The number of ether oxygens (including phenoxy) is 1. The fraction of sp³-hybridized carbons (Fsp3) is 0.310. The first-order valence-electron chi connectivity index (χ1n) is 12.7. The maximum atomic E-state index is 14.3. The number of pyridine rings is 1. The maximum absolute atomic E-state index is 14.3. The van der Waals surface area contributed by atoms with Gasteiger partial charge in [0.25, 0.3) is 5.91 Å². The fourth-order valence-corrected chi connectivity index (χ4v) is 4.37. The Bertz CT molecular complexity index is 1520. The quantitative estimate of drug-likeness (QED) is 0.298. The Morgan fingerprint density at radius 3 is 2.72 bits per heavy atom. The Hall–Kier alpha value is -4.49. The number of amides is 1. The Labute approximate surface area is 225 Å². The zero-order valence-electron chi connectivity index (χ0n) is 21.6. The molecule has 200 valence electrons. The van der Waals surface area contributed by atoms with Crippen LogP contribution in [-0.4, -0.2) is 56.1 Å².